The van der Waals surface area contributed by atoms with E-state index in [4.69, 9.17) is 9.15 Å². The molecule has 2 aromatic carbocycles. The Bertz CT molecular complexity index is 659. The molecule has 0 unspecified atom stereocenters. The van der Waals surface area contributed by atoms with E-state index in [0.29, 0.717) is 12.3 Å². The maximum Gasteiger partial charge on any atom is 0.200 e. The van der Waals surface area contributed by atoms with Crippen molar-refractivity contribution in [3.63, 3.8) is 0 Å². The van der Waals surface area contributed by atoms with E-state index in [2.05, 4.69) is 17.1 Å². The molecule has 18 heavy (non-hydrogen) atoms. The Labute approximate surface area is 105 Å². The molecule has 0 aliphatic heterocycles. The monoisotopic (exact) mass is 239 g/mol. The zero-order valence-electron chi connectivity index (χ0n) is 10.1. The molecule has 1 aromatic heterocycles. The molecule has 0 atom stereocenters. The number of aromatic nitrogens is 1. The first-order chi connectivity index (χ1) is 8.86. The Morgan fingerprint density at radius 3 is 2.67 bits per heavy atom. The molecule has 0 amide bonds. The van der Waals surface area contributed by atoms with E-state index >= 15 is 0 Å². The fraction of sp³-hybridized carbons (Fsp3) is 0.133. The van der Waals surface area contributed by atoms with Crippen LogP contribution < -0.4 is 4.74 Å². The van der Waals surface area contributed by atoms with Gasteiger partial charge in [-0.25, -0.2) is 4.98 Å². The van der Waals surface area contributed by atoms with Crippen molar-refractivity contribution < 1.29 is 9.15 Å². The highest BCUT2D eigenvalue weighted by Gasteiger charge is 2.10. The minimum atomic E-state index is 0.693. The van der Waals surface area contributed by atoms with Crippen molar-refractivity contribution in [1.29, 1.82) is 0 Å². The smallest absolute Gasteiger partial charge is 0.200 e. The normalized spacial score (nSPS) is 10.7. The highest BCUT2D eigenvalue weighted by atomic mass is 16.5. The lowest BCUT2D eigenvalue weighted by Gasteiger charge is -1.96. The number of benzene rings is 2. The molecule has 3 aromatic rings. The molecule has 0 bridgehead atoms. The molecule has 1 heterocycles. The number of nitrogens with zero attached hydrogens (tertiary/aromatic N) is 1. The van der Waals surface area contributed by atoms with Crippen LogP contribution in [0, 0.1) is 0 Å². The summed E-state index contributed by atoms with van der Waals surface area (Å²) in [4.78, 5) is 4.49. The average Bonchev–Trinajstić information content (AvgIpc) is 2.82. The molecule has 90 valence electrons. The van der Waals surface area contributed by atoms with Gasteiger partial charge in [0.2, 0.25) is 0 Å². The minimum Gasteiger partial charge on any atom is -0.494 e. The minimum absolute atomic E-state index is 0.693. The van der Waals surface area contributed by atoms with E-state index in [9.17, 15) is 0 Å². The van der Waals surface area contributed by atoms with Gasteiger partial charge in [0.15, 0.2) is 17.0 Å². The van der Waals surface area contributed by atoms with Gasteiger partial charge in [0, 0.05) is 6.42 Å². The lowest BCUT2D eigenvalue weighted by molar-refractivity contribution is 0.419. The Morgan fingerprint density at radius 2 is 1.89 bits per heavy atom. The number of fused-ring (bicyclic) bond motifs is 1. The van der Waals surface area contributed by atoms with E-state index in [1.807, 2.05) is 36.4 Å². The third kappa shape index (κ3) is 1.95. The molecular weight excluding hydrogens is 226 g/mol. The zero-order valence-corrected chi connectivity index (χ0v) is 10.1. The number of ether oxygens (including phenoxy) is 1. The number of para-hydroxylation sites is 1. The van der Waals surface area contributed by atoms with Crippen LogP contribution in [-0.4, -0.2) is 12.1 Å². The summed E-state index contributed by atoms with van der Waals surface area (Å²) >= 11 is 0. The summed E-state index contributed by atoms with van der Waals surface area (Å²) in [6.45, 7) is 0. The molecule has 3 nitrogen and oxygen atoms in total. The molecule has 3 rings (SSSR count). The largest absolute Gasteiger partial charge is 0.494 e. The van der Waals surface area contributed by atoms with Crippen LogP contribution in [-0.2, 0) is 6.42 Å². The lowest BCUT2D eigenvalue weighted by atomic mass is 10.1. The molecule has 0 saturated carbocycles. The molecule has 0 aliphatic rings. The molecule has 0 fully saturated rings. The van der Waals surface area contributed by atoms with E-state index < -0.39 is 0 Å². The van der Waals surface area contributed by atoms with Crippen molar-refractivity contribution in [3.8, 4) is 5.75 Å². The first-order valence-electron chi connectivity index (χ1n) is 5.83. The molecule has 3 heteroatoms. The topological polar surface area (TPSA) is 35.3 Å². The van der Waals surface area contributed by atoms with Gasteiger partial charge in [-0.05, 0) is 17.7 Å². The van der Waals surface area contributed by atoms with Crippen molar-refractivity contribution in [1.82, 2.24) is 4.98 Å². The molecular formula is C15H13NO2. The van der Waals surface area contributed by atoms with Crippen LogP contribution in [0.15, 0.2) is 52.9 Å². The van der Waals surface area contributed by atoms with Crippen LogP contribution in [0.3, 0.4) is 0 Å². The third-order valence-corrected chi connectivity index (χ3v) is 2.84. The molecule has 0 N–H and O–H groups in total. The number of oxazole rings is 1. The predicted molar refractivity (Wildman–Crippen MR) is 69.8 cm³/mol. The second-order valence-corrected chi connectivity index (χ2v) is 4.08. The first kappa shape index (κ1) is 10.8. The van der Waals surface area contributed by atoms with Gasteiger partial charge in [0.05, 0.1) is 7.11 Å². The van der Waals surface area contributed by atoms with E-state index in [-0.39, 0.29) is 0 Å². The molecule has 0 saturated heterocycles. The van der Waals surface area contributed by atoms with Crippen LogP contribution >= 0.6 is 0 Å². The van der Waals surface area contributed by atoms with Gasteiger partial charge in [0.1, 0.15) is 5.75 Å². The number of hydrogen-bond acceptors (Lipinski definition) is 3. The van der Waals surface area contributed by atoms with E-state index in [1.54, 1.807) is 7.11 Å². The number of methoxy groups -OCH3 is 1. The van der Waals surface area contributed by atoms with Crippen LogP contribution in [0.5, 0.6) is 5.75 Å². The third-order valence-electron chi connectivity index (χ3n) is 2.84. The fourth-order valence-corrected chi connectivity index (χ4v) is 1.98. The second-order valence-electron chi connectivity index (χ2n) is 4.08. The first-order valence-corrected chi connectivity index (χ1v) is 5.83. The van der Waals surface area contributed by atoms with Gasteiger partial charge in [-0.1, -0.05) is 36.4 Å². The predicted octanol–water partition coefficient (Wildman–Crippen LogP) is 3.43. The van der Waals surface area contributed by atoms with Crippen molar-refractivity contribution in [2.45, 2.75) is 6.42 Å². The Kier molecular flexibility index (Phi) is 2.73. The summed E-state index contributed by atoms with van der Waals surface area (Å²) < 4.78 is 11.0. The summed E-state index contributed by atoms with van der Waals surface area (Å²) in [5.74, 6) is 1.45. The highest BCUT2D eigenvalue weighted by Crippen LogP contribution is 2.26. The summed E-state index contributed by atoms with van der Waals surface area (Å²) in [6, 6.07) is 15.8. The SMILES string of the molecule is COc1cccc2oc(Cc3ccccc3)nc12. The van der Waals surface area contributed by atoms with Gasteiger partial charge in [-0.15, -0.1) is 0 Å². The summed E-state index contributed by atoms with van der Waals surface area (Å²) in [7, 11) is 1.64. The Morgan fingerprint density at radius 1 is 1.06 bits per heavy atom. The standard InChI is InChI=1S/C15H13NO2/c1-17-12-8-5-9-13-15(12)16-14(18-13)10-11-6-3-2-4-7-11/h2-9H,10H2,1H3. The highest BCUT2D eigenvalue weighted by molar-refractivity contribution is 5.79. The summed E-state index contributed by atoms with van der Waals surface area (Å²) in [5.41, 5.74) is 2.73. The van der Waals surface area contributed by atoms with Gasteiger partial charge in [-0.2, -0.15) is 0 Å². The van der Waals surface area contributed by atoms with Crippen LogP contribution in [0.2, 0.25) is 0 Å². The quantitative estimate of drug-likeness (QED) is 0.702. The fourth-order valence-electron chi connectivity index (χ4n) is 1.98. The van der Waals surface area contributed by atoms with Gasteiger partial charge >= 0.3 is 0 Å². The molecule has 0 aliphatic carbocycles. The van der Waals surface area contributed by atoms with E-state index in [0.717, 1.165) is 16.8 Å². The van der Waals surface area contributed by atoms with E-state index in [1.165, 1.54) is 5.56 Å². The average molecular weight is 239 g/mol. The van der Waals surface area contributed by atoms with Gasteiger partial charge in [-0.3, -0.25) is 0 Å². The second kappa shape index (κ2) is 4.53. The van der Waals surface area contributed by atoms with Crippen LogP contribution in [0.25, 0.3) is 11.1 Å². The Hall–Kier alpha value is -2.29. The summed E-state index contributed by atoms with van der Waals surface area (Å²) in [6.07, 6.45) is 0.693. The van der Waals surface area contributed by atoms with Gasteiger partial charge in [0.25, 0.3) is 0 Å². The molecule has 0 radical (unpaired) electrons. The maximum absolute atomic E-state index is 5.72. The number of rotatable bonds is 3. The zero-order chi connectivity index (χ0) is 12.4. The summed E-state index contributed by atoms with van der Waals surface area (Å²) in [5, 5.41) is 0. The molecule has 0 spiro atoms. The van der Waals surface area contributed by atoms with Crippen molar-refractivity contribution in [3.05, 3.63) is 60.0 Å². The van der Waals surface area contributed by atoms with Gasteiger partial charge < -0.3 is 9.15 Å². The van der Waals surface area contributed by atoms with Crippen LogP contribution in [0.1, 0.15) is 11.5 Å². The van der Waals surface area contributed by atoms with Crippen molar-refractivity contribution >= 4 is 11.1 Å². The van der Waals surface area contributed by atoms with Crippen LogP contribution in [0.4, 0.5) is 0 Å². The Balaban J connectivity index is 1.99. The number of hydrogen-bond donors (Lipinski definition) is 0. The van der Waals surface area contributed by atoms with Crippen molar-refractivity contribution in [2.75, 3.05) is 7.11 Å². The van der Waals surface area contributed by atoms with Crippen molar-refractivity contribution in [2.24, 2.45) is 0 Å². The lowest BCUT2D eigenvalue weighted by Crippen LogP contribution is -1.87. The maximum atomic E-state index is 5.72.